The first-order valence-corrected chi connectivity index (χ1v) is 27.1. The predicted octanol–water partition coefficient (Wildman–Crippen LogP) is 12.3. The van der Waals surface area contributed by atoms with Gasteiger partial charge in [-0.3, -0.25) is 0 Å². The van der Waals surface area contributed by atoms with Crippen LogP contribution in [0.3, 0.4) is 0 Å². The molecule has 0 aliphatic heterocycles. The zero-order valence-corrected chi connectivity index (χ0v) is 44.1. The molecule has 8 bridgehead atoms. The van der Waals surface area contributed by atoms with Crippen molar-refractivity contribution in [1.29, 1.82) is 0 Å². The van der Waals surface area contributed by atoms with Crippen LogP contribution in [-0.2, 0) is 70.4 Å². The summed E-state index contributed by atoms with van der Waals surface area (Å²) in [6.07, 6.45) is 17.3. The average Bonchev–Trinajstić information content (AvgIpc) is 3.37. The topological polar surface area (TPSA) is 130 Å². The van der Waals surface area contributed by atoms with Crippen molar-refractivity contribution in [2.45, 2.75) is 156 Å². The number of fused-ring (bicyclic) bond motifs is 8. The molecule has 0 radical (unpaired) electrons. The fraction of sp³-hybridized carbons (Fsp3) is 0.516. The zero-order valence-electron chi connectivity index (χ0n) is 44.1. The molecule has 392 valence electrons. The van der Waals surface area contributed by atoms with Crippen LogP contribution in [0.2, 0.25) is 0 Å². The number of rotatable bonds is 32. The molecule has 4 aromatic rings. The molecule has 0 atom stereocenters. The van der Waals surface area contributed by atoms with Crippen molar-refractivity contribution in [3.05, 3.63) is 141 Å². The molecule has 0 amide bonds. The number of ether oxygens (including phenoxy) is 6. The first-order chi connectivity index (χ1) is 35.2. The highest BCUT2D eigenvalue weighted by molar-refractivity contribution is 5.81. The Bertz CT molecular complexity index is 2190. The van der Waals surface area contributed by atoms with Crippen LogP contribution >= 0.6 is 0 Å². The van der Waals surface area contributed by atoms with E-state index in [2.05, 4.69) is 89.4 Å². The van der Waals surface area contributed by atoms with Crippen LogP contribution in [0.1, 0.15) is 172 Å². The smallest absolute Gasteiger partial charge is 0.330 e. The van der Waals surface area contributed by atoms with Gasteiger partial charge in [-0.15, -0.1) is 0 Å². The summed E-state index contributed by atoms with van der Waals surface area (Å²) in [5, 5.41) is 20.2. The van der Waals surface area contributed by atoms with E-state index in [1.165, 1.54) is 12.2 Å². The standard InChI is InChI=1S/C62H84O10/c1-7-13-27-69-59-49-33-45(21-17-25-63)35-51(59)42-53-37-47(23-19-31-67-57(65)11-5)39-55(61(53)71-29-15-9-3)44-56-40-48(24-20-32-68-58(66)12-6)38-54(62(56)72-30-16-10-4)43-52-36-46(22-18-26-64)34-50(41-49)60(52)70-28-14-8-2/h11-12,33-40,63-64H,5-10,13-32,41-44H2,1-4H3. The summed E-state index contributed by atoms with van der Waals surface area (Å²) < 4.78 is 38.9. The monoisotopic (exact) mass is 989 g/mol. The van der Waals surface area contributed by atoms with Gasteiger partial charge in [-0.25, -0.2) is 9.59 Å². The summed E-state index contributed by atoms with van der Waals surface area (Å²) in [6, 6.07) is 18.1. The molecular weight excluding hydrogens is 905 g/mol. The Balaban J connectivity index is 1.89. The molecule has 2 N–H and O–H groups in total. The van der Waals surface area contributed by atoms with E-state index in [-0.39, 0.29) is 26.4 Å². The molecule has 4 aromatic carbocycles. The molecule has 72 heavy (non-hydrogen) atoms. The van der Waals surface area contributed by atoms with Gasteiger partial charge in [-0.05, 0) is 144 Å². The van der Waals surface area contributed by atoms with Crippen molar-refractivity contribution in [3.63, 3.8) is 0 Å². The summed E-state index contributed by atoms with van der Waals surface area (Å²) in [5.41, 5.74) is 12.9. The van der Waals surface area contributed by atoms with Gasteiger partial charge >= 0.3 is 11.9 Å². The summed E-state index contributed by atoms with van der Waals surface area (Å²) in [5.74, 6) is 2.57. The Morgan fingerprint density at radius 3 is 0.847 bits per heavy atom. The quantitative estimate of drug-likeness (QED) is 0.0244. The van der Waals surface area contributed by atoms with Crippen LogP contribution in [0.4, 0.5) is 0 Å². The maximum atomic E-state index is 12.1. The number of hydrogen-bond acceptors (Lipinski definition) is 10. The number of carbonyl (C=O) groups excluding carboxylic acids is 2. The molecular formula is C62H84O10. The lowest BCUT2D eigenvalue weighted by Gasteiger charge is -2.25. The minimum atomic E-state index is -0.436. The van der Waals surface area contributed by atoms with Gasteiger partial charge in [0.1, 0.15) is 23.0 Å². The van der Waals surface area contributed by atoms with E-state index in [9.17, 15) is 19.8 Å². The van der Waals surface area contributed by atoms with Crippen LogP contribution in [0.15, 0.2) is 73.8 Å². The van der Waals surface area contributed by atoms with Crippen molar-refractivity contribution >= 4 is 11.9 Å². The second kappa shape index (κ2) is 31.8. The van der Waals surface area contributed by atoms with E-state index >= 15 is 0 Å². The SMILES string of the molecule is C=CC(=O)OCCCc1cc2c(OCCCC)c(c1)Cc1cc(CCCOC(=O)C=C)cc(c1OCCCC)Cc1cc(CCCO)cc(c1OCCCC)Cc1cc(CCCO)cc(c1OCCCC)C2. The Hall–Kier alpha value is -5.58. The Morgan fingerprint density at radius 2 is 0.639 bits per heavy atom. The number of carbonyl (C=O) groups is 2. The highest BCUT2D eigenvalue weighted by Crippen LogP contribution is 2.41. The van der Waals surface area contributed by atoms with E-state index < -0.39 is 11.9 Å². The van der Waals surface area contributed by atoms with Crippen molar-refractivity contribution in [2.24, 2.45) is 0 Å². The van der Waals surface area contributed by atoms with Crippen LogP contribution < -0.4 is 18.9 Å². The Kier molecular flexibility index (Phi) is 25.3. The van der Waals surface area contributed by atoms with Gasteiger partial charge in [0.05, 0.1) is 39.6 Å². The summed E-state index contributed by atoms with van der Waals surface area (Å²) in [4.78, 5) is 24.2. The molecule has 10 heteroatoms. The number of esters is 2. The first-order valence-electron chi connectivity index (χ1n) is 27.1. The molecule has 0 saturated heterocycles. The highest BCUT2D eigenvalue weighted by atomic mass is 16.5. The van der Waals surface area contributed by atoms with Crippen LogP contribution in [0, 0.1) is 0 Å². The fourth-order valence-corrected chi connectivity index (χ4v) is 9.35. The number of aliphatic hydroxyl groups is 2. The Morgan fingerprint density at radius 1 is 0.403 bits per heavy atom. The largest absolute Gasteiger partial charge is 0.493 e. The lowest BCUT2D eigenvalue weighted by Crippen LogP contribution is -2.12. The molecule has 0 saturated carbocycles. The molecule has 10 nitrogen and oxygen atoms in total. The second-order valence-electron chi connectivity index (χ2n) is 19.1. The van der Waals surface area contributed by atoms with Crippen molar-refractivity contribution in [2.75, 3.05) is 52.9 Å². The van der Waals surface area contributed by atoms with Gasteiger partial charge in [-0.1, -0.05) is 115 Å². The molecule has 0 spiro atoms. The highest BCUT2D eigenvalue weighted by Gasteiger charge is 2.25. The van der Waals surface area contributed by atoms with Crippen LogP contribution in [0.25, 0.3) is 0 Å². The maximum Gasteiger partial charge on any atom is 0.330 e. The van der Waals surface area contributed by atoms with Crippen molar-refractivity contribution in [1.82, 2.24) is 0 Å². The minimum Gasteiger partial charge on any atom is -0.493 e. The average molecular weight is 989 g/mol. The molecule has 1 aliphatic carbocycles. The summed E-state index contributed by atoms with van der Waals surface area (Å²) in [6.45, 7) is 18.8. The number of unbranched alkanes of at least 4 members (excludes halogenated alkanes) is 4. The van der Waals surface area contributed by atoms with Gasteiger partial charge in [0.15, 0.2) is 0 Å². The number of aliphatic hydroxyl groups excluding tert-OH is 2. The van der Waals surface area contributed by atoms with E-state index in [1.807, 2.05) is 0 Å². The number of hydrogen-bond donors (Lipinski definition) is 2. The molecule has 0 heterocycles. The third-order valence-corrected chi connectivity index (χ3v) is 13.0. The lowest BCUT2D eigenvalue weighted by molar-refractivity contribution is -0.138. The van der Waals surface area contributed by atoms with Gasteiger partial charge in [0.2, 0.25) is 0 Å². The zero-order chi connectivity index (χ0) is 51.5. The number of aryl methyl sites for hydroxylation is 4. The maximum absolute atomic E-state index is 12.1. The van der Waals surface area contributed by atoms with Gasteiger partial charge in [0, 0.05) is 51.0 Å². The fourth-order valence-electron chi connectivity index (χ4n) is 9.35. The molecule has 1 aliphatic rings. The van der Waals surface area contributed by atoms with Crippen molar-refractivity contribution < 1.29 is 48.2 Å². The van der Waals surface area contributed by atoms with Gasteiger partial charge in [0.25, 0.3) is 0 Å². The van der Waals surface area contributed by atoms with Crippen LogP contribution in [0.5, 0.6) is 23.0 Å². The molecule has 0 aromatic heterocycles. The predicted molar refractivity (Wildman–Crippen MR) is 288 cm³/mol. The summed E-state index contributed by atoms with van der Waals surface area (Å²) >= 11 is 0. The third-order valence-electron chi connectivity index (χ3n) is 13.0. The molecule has 0 unspecified atom stereocenters. The molecule has 5 rings (SSSR count). The van der Waals surface area contributed by atoms with E-state index in [0.717, 1.165) is 141 Å². The number of benzene rings is 4. The summed E-state index contributed by atoms with van der Waals surface area (Å²) in [7, 11) is 0. The normalized spacial score (nSPS) is 12.0. The van der Waals surface area contributed by atoms with Gasteiger partial charge < -0.3 is 38.6 Å². The molecule has 0 fully saturated rings. The minimum absolute atomic E-state index is 0.0861. The Labute approximate surface area is 431 Å². The van der Waals surface area contributed by atoms with E-state index in [1.54, 1.807) is 0 Å². The van der Waals surface area contributed by atoms with Crippen LogP contribution in [-0.4, -0.2) is 75.0 Å². The van der Waals surface area contributed by atoms with E-state index in [0.29, 0.717) is 103 Å². The van der Waals surface area contributed by atoms with E-state index in [4.69, 9.17) is 28.4 Å². The van der Waals surface area contributed by atoms with Gasteiger partial charge in [-0.2, -0.15) is 0 Å². The van der Waals surface area contributed by atoms with Crippen molar-refractivity contribution in [3.8, 4) is 23.0 Å². The second-order valence-corrected chi connectivity index (χ2v) is 19.1. The first kappa shape index (κ1) is 57.3. The third kappa shape index (κ3) is 17.9. The lowest BCUT2D eigenvalue weighted by atomic mass is 9.87.